The summed E-state index contributed by atoms with van der Waals surface area (Å²) >= 11 is 0. The van der Waals surface area contributed by atoms with Crippen molar-refractivity contribution in [3.05, 3.63) is 29.3 Å². The Bertz CT molecular complexity index is 1110. The molecule has 0 spiro atoms. The average molecular weight is 483 g/mol. The van der Waals surface area contributed by atoms with Gasteiger partial charge in [-0.15, -0.1) is 0 Å². The Labute approximate surface area is 203 Å². The standard InChI is InChI=1S/C25H30N4O6/c1-27(13-25(8-9-25)14-28-10-6-15(7-11-28)24(34)35)16-2-3-17-18(12-16)23(33)29(22(17)32)19-4-5-20(30)26-21(19)31/h2-3,12,15,19H,4-11,13-14H2,1H3,(H,34,35)(H,26,30,31). The molecular weight excluding hydrogens is 452 g/mol. The van der Waals surface area contributed by atoms with Gasteiger partial charge in [-0.2, -0.15) is 0 Å². The van der Waals surface area contributed by atoms with Crippen LogP contribution in [0.15, 0.2) is 18.2 Å². The third kappa shape index (κ3) is 4.42. The number of anilines is 1. The third-order valence-electron chi connectivity index (χ3n) is 7.89. The molecule has 1 aliphatic carbocycles. The summed E-state index contributed by atoms with van der Waals surface area (Å²) in [7, 11) is 1.97. The van der Waals surface area contributed by atoms with E-state index in [4.69, 9.17) is 0 Å². The van der Waals surface area contributed by atoms with Gasteiger partial charge in [-0.25, -0.2) is 0 Å². The van der Waals surface area contributed by atoms with Crippen LogP contribution in [0.2, 0.25) is 0 Å². The summed E-state index contributed by atoms with van der Waals surface area (Å²) in [6, 6.07) is 4.22. The normalized spacial score (nSPS) is 24.4. The van der Waals surface area contributed by atoms with Gasteiger partial charge < -0.3 is 14.9 Å². The quantitative estimate of drug-likeness (QED) is 0.553. The van der Waals surface area contributed by atoms with Crippen molar-refractivity contribution >= 4 is 35.3 Å². The molecule has 10 nitrogen and oxygen atoms in total. The van der Waals surface area contributed by atoms with E-state index in [0.717, 1.165) is 49.6 Å². The van der Waals surface area contributed by atoms with E-state index in [9.17, 15) is 29.1 Å². The van der Waals surface area contributed by atoms with Gasteiger partial charge in [0.2, 0.25) is 11.8 Å². The number of imide groups is 2. The minimum atomic E-state index is -0.971. The molecule has 1 saturated carbocycles. The Morgan fingerprint density at radius 1 is 1.09 bits per heavy atom. The molecule has 1 atom stereocenters. The number of carbonyl (C=O) groups excluding carboxylic acids is 4. The van der Waals surface area contributed by atoms with Crippen LogP contribution >= 0.6 is 0 Å². The number of aliphatic carboxylic acids is 1. The first-order chi connectivity index (χ1) is 16.7. The Balaban J connectivity index is 1.25. The van der Waals surface area contributed by atoms with E-state index in [0.29, 0.717) is 12.8 Å². The molecule has 1 aromatic rings. The molecule has 1 unspecified atom stereocenters. The number of hydrogen-bond donors (Lipinski definition) is 2. The van der Waals surface area contributed by atoms with Crippen LogP contribution in [0.25, 0.3) is 0 Å². The molecule has 4 aliphatic rings. The highest BCUT2D eigenvalue weighted by Gasteiger charge is 2.47. The molecule has 0 bridgehead atoms. The van der Waals surface area contributed by atoms with Crippen molar-refractivity contribution in [2.45, 2.75) is 44.6 Å². The highest BCUT2D eigenvalue weighted by molar-refractivity contribution is 6.23. The fraction of sp³-hybridized carbons (Fsp3) is 0.560. The smallest absolute Gasteiger partial charge is 0.306 e. The van der Waals surface area contributed by atoms with Gasteiger partial charge >= 0.3 is 5.97 Å². The number of carboxylic acid groups (broad SMARTS) is 1. The molecule has 10 heteroatoms. The fourth-order valence-corrected chi connectivity index (χ4v) is 5.65. The second-order valence-corrected chi connectivity index (χ2v) is 10.4. The Hall–Kier alpha value is -3.27. The largest absolute Gasteiger partial charge is 0.481 e. The fourth-order valence-electron chi connectivity index (χ4n) is 5.65. The van der Waals surface area contributed by atoms with Crippen LogP contribution in [0.3, 0.4) is 0 Å². The number of carbonyl (C=O) groups is 5. The molecule has 3 aliphatic heterocycles. The molecule has 186 valence electrons. The summed E-state index contributed by atoms with van der Waals surface area (Å²) in [4.78, 5) is 66.4. The first-order valence-electron chi connectivity index (χ1n) is 12.2. The third-order valence-corrected chi connectivity index (χ3v) is 7.89. The summed E-state index contributed by atoms with van der Waals surface area (Å²) in [6.45, 7) is 3.32. The lowest BCUT2D eigenvalue weighted by molar-refractivity contribution is -0.143. The number of piperidine rings is 2. The van der Waals surface area contributed by atoms with E-state index in [2.05, 4.69) is 15.1 Å². The van der Waals surface area contributed by atoms with Gasteiger partial charge in [0.1, 0.15) is 6.04 Å². The van der Waals surface area contributed by atoms with Crippen LogP contribution in [0.4, 0.5) is 5.69 Å². The number of nitrogens with one attached hydrogen (secondary N) is 1. The maximum Gasteiger partial charge on any atom is 0.306 e. The minimum Gasteiger partial charge on any atom is -0.481 e. The lowest BCUT2D eigenvalue weighted by Crippen LogP contribution is -2.54. The maximum absolute atomic E-state index is 13.1. The van der Waals surface area contributed by atoms with E-state index in [1.54, 1.807) is 12.1 Å². The highest BCUT2D eigenvalue weighted by atomic mass is 16.4. The van der Waals surface area contributed by atoms with Gasteiger partial charge in [0, 0.05) is 37.7 Å². The number of hydrogen-bond acceptors (Lipinski definition) is 7. The van der Waals surface area contributed by atoms with Gasteiger partial charge in [-0.1, -0.05) is 0 Å². The van der Waals surface area contributed by atoms with Gasteiger partial charge in [0.25, 0.3) is 11.8 Å². The van der Waals surface area contributed by atoms with Crippen molar-refractivity contribution in [3.63, 3.8) is 0 Å². The average Bonchev–Trinajstić information content (AvgIpc) is 3.53. The number of benzene rings is 1. The maximum atomic E-state index is 13.1. The SMILES string of the molecule is CN(CC1(CN2CCC(C(=O)O)CC2)CC1)c1ccc2c(c1)C(=O)N(C1CCC(=O)NC1=O)C2=O. The molecule has 35 heavy (non-hydrogen) atoms. The summed E-state index contributed by atoms with van der Waals surface area (Å²) in [5, 5.41) is 11.4. The number of rotatable bonds is 7. The van der Waals surface area contributed by atoms with Gasteiger partial charge in [-0.05, 0) is 63.4 Å². The second kappa shape index (κ2) is 8.75. The molecule has 0 radical (unpaired) electrons. The van der Waals surface area contributed by atoms with Crippen molar-refractivity contribution in [2.75, 3.05) is 38.1 Å². The van der Waals surface area contributed by atoms with Crippen LogP contribution in [-0.4, -0.2) is 83.8 Å². The van der Waals surface area contributed by atoms with Crippen LogP contribution in [0.1, 0.15) is 59.2 Å². The molecule has 2 N–H and O–H groups in total. The Kier molecular flexibility index (Phi) is 5.86. The number of nitrogens with zero attached hydrogens (tertiary/aromatic N) is 3. The van der Waals surface area contributed by atoms with Gasteiger partial charge in [-0.3, -0.25) is 34.2 Å². The van der Waals surface area contributed by atoms with Crippen LogP contribution < -0.4 is 10.2 Å². The van der Waals surface area contributed by atoms with Crippen molar-refractivity contribution < 1.29 is 29.1 Å². The Morgan fingerprint density at radius 3 is 2.40 bits per heavy atom. The lowest BCUT2D eigenvalue weighted by atomic mass is 9.95. The van der Waals surface area contributed by atoms with Crippen molar-refractivity contribution in [1.82, 2.24) is 15.1 Å². The number of fused-ring (bicyclic) bond motifs is 1. The van der Waals surface area contributed by atoms with E-state index >= 15 is 0 Å². The highest BCUT2D eigenvalue weighted by Crippen LogP contribution is 2.48. The van der Waals surface area contributed by atoms with Crippen molar-refractivity contribution in [1.29, 1.82) is 0 Å². The van der Waals surface area contributed by atoms with E-state index in [1.165, 1.54) is 0 Å². The molecule has 4 amide bonds. The predicted molar refractivity (Wildman–Crippen MR) is 125 cm³/mol. The van der Waals surface area contributed by atoms with E-state index in [-0.39, 0.29) is 35.3 Å². The minimum absolute atomic E-state index is 0.0911. The zero-order chi connectivity index (χ0) is 24.9. The predicted octanol–water partition coefficient (Wildman–Crippen LogP) is 1.10. The van der Waals surface area contributed by atoms with Gasteiger partial charge in [0.15, 0.2) is 0 Å². The topological polar surface area (TPSA) is 127 Å². The molecule has 5 rings (SSSR count). The Morgan fingerprint density at radius 2 is 1.77 bits per heavy atom. The summed E-state index contributed by atoms with van der Waals surface area (Å²) in [5.74, 6) is -2.96. The molecule has 3 heterocycles. The summed E-state index contributed by atoms with van der Waals surface area (Å²) in [5.41, 5.74) is 1.53. The molecule has 3 fully saturated rings. The van der Waals surface area contributed by atoms with Crippen molar-refractivity contribution in [3.8, 4) is 0 Å². The second-order valence-electron chi connectivity index (χ2n) is 10.4. The first kappa shape index (κ1) is 23.5. The zero-order valence-electron chi connectivity index (χ0n) is 19.8. The summed E-state index contributed by atoms with van der Waals surface area (Å²) in [6.07, 6.45) is 3.80. The number of carboxylic acids is 1. The van der Waals surface area contributed by atoms with E-state index in [1.807, 2.05) is 13.1 Å². The number of amides is 4. The molecule has 1 aromatic carbocycles. The molecule has 2 saturated heterocycles. The van der Waals surface area contributed by atoms with Crippen LogP contribution in [0, 0.1) is 11.3 Å². The molecule has 0 aromatic heterocycles. The monoisotopic (exact) mass is 482 g/mol. The van der Waals surface area contributed by atoms with Crippen molar-refractivity contribution in [2.24, 2.45) is 11.3 Å². The summed E-state index contributed by atoms with van der Waals surface area (Å²) < 4.78 is 0. The van der Waals surface area contributed by atoms with Crippen LogP contribution in [-0.2, 0) is 14.4 Å². The first-order valence-corrected chi connectivity index (χ1v) is 12.2. The van der Waals surface area contributed by atoms with Gasteiger partial charge in [0.05, 0.1) is 17.0 Å². The van der Waals surface area contributed by atoms with Crippen LogP contribution in [0.5, 0.6) is 0 Å². The van der Waals surface area contributed by atoms with E-state index < -0.39 is 35.6 Å². The zero-order valence-corrected chi connectivity index (χ0v) is 19.8. The lowest BCUT2D eigenvalue weighted by Gasteiger charge is -2.35. The number of likely N-dealkylation sites (tertiary alicyclic amines) is 1. The molecular formula is C25H30N4O6.